The van der Waals surface area contributed by atoms with Crippen molar-refractivity contribution in [2.75, 3.05) is 38.1 Å². The number of aliphatic imine (C=N–C) groups is 1. The molecule has 2 aromatic carbocycles. The molecule has 0 spiro atoms. The van der Waals surface area contributed by atoms with E-state index in [9.17, 15) is 9.18 Å². The van der Waals surface area contributed by atoms with E-state index in [0.29, 0.717) is 18.0 Å². The second kappa shape index (κ2) is 11.0. The molecule has 194 valence electrons. The van der Waals surface area contributed by atoms with Crippen LogP contribution in [0.3, 0.4) is 0 Å². The summed E-state index contributed by atoms with van der Waals surface area (Å²) in [7, 11) is 1.77. The first kappa shape index (κ1) is 25.4. The van der Waals surface area contributed by atoms with Crippen molar-refractivity contribution >= 4 is 17.8 Å². The van der Waals surface area contributed by atoms with E-state index < -0.39 is 5.82 Å². The van der Waals surface area contributed by atoms with Crippen molar-refractivity contribution in [3.05, 3.63) is 88.9 Å². The molecule has 5 rings (SSSR count). The summed E-state index contributed by atoms with van der Waals surface area (Å²) < 4.78 is 14.3. The minimum Gasteiger partial charge on any atom is -0.339 e. The summed E-state index contributed by atoms with van der Waals surface area (Å²) >= 11 is 0. The summed E-state index contributed by atoms with van der Waals surface area (Å²) in [6.07, 6.45) is 9.56. The van der Waals surface area contributed by atoms with E-state index in [-0.39, 0.29) is 18.0 Å². The van der Waals surface area contributed by atoms with Gasteiger partial charge in [0.05, 0.1) is 23.8 Å². The number of rotatable bonds is 7. The van der Waals surface area contributed by atoms with Crippen LogP contribution in [0.2, 0.25) is 0 Å². The Morgan fingerprint density at radius 2 is 1.86 bits per heavy atom. The summed E-state index contributed by atoms with van der Waals surface area (Å²) in [6, 6.07) is 15.3. The van der Waals surface area contributed by atoms with Crippen molar-refractivity contribution in [3.8, 4) is 0 Å². The van der Waals surface area contributed by atoms with Crippen LogP contribution < -0.4 is 4.90 Å². The molecule has 0 radical (unpaired) electrons. The van der Waals surface area contributed by atoms with Gasteiger partial charge in [-0.15, -0.1) is 0 Å². The molecule has 2 aromatic rings. The Morgan fingerprint density at radius 3 is 2.59 bits per heavy atom. The average Bonchev–Trinajstić information content (AvgIpc) is 3.31. The lowest BCUT2D eigenvalue weighted by Crippen LogP contribution is -2.37. The molecule has 1 fully saturated rings. The van der Waals surface area contributed by atoms with Crippen LogP contribution in [0.5, 0.6) is 0 Å². The SMILES string of the molecule is CC(C)N(C)C(=O)c1cc(F)ccc1N1C=C(C2CCN(CCc3ccccc3)CC2)C2=CC=NCC21. The number of dihydropyridines is 1. The van der Waals surface area contributed by atoms with Gasteiger partial charge in [0.2, 0.25) is 0 Å². The van der Waals surface area contributed by atoms with Crippen LogP contribution in [0.1, 0.15) is 42.6 Å². The van der Waals surface area contributed by atoms with E-state index >= 15 is 0 Å². The first-order valence-electron chi connectivity index (χ1n) is 13.5. The molecule has 0 N–H and O–H groups in total. The van der Waals surface area contributed by atoms with Crippen molar-refractivity contribution < 1.29 is 9.18 Å². The number of fused-ring (bicyclic) bond motifs is 1. The van der Waals surface area contributed by atoms with Gasteiger partial charge in [0.1, 0.15) is 5.82 Å². The van der Waals surface area contributed by atoms with Gasteiger partial charge in [0.25, 0.3) is 5.91 Å². The largest absolute Gasteiger partial charge is 0.339 e. The van der Waals surface area contributed by atoms with Gasteiger partial charge >= 0.3 is 0 Å². The topological polar surface area (TPSA) is 39.2 Å². The Labute approximate surface area is 220 Å². The maximum atomic E-state index is 14.3. The molecule has 1 unspecified atom stereocenters. The maximum absolute atomic E-state index is 14.3. The Balaban J connectivity index is 1.35. The van der Waals surface area contributed by atoms with E-state index in [2.05, 4.69) is 57.4 Å². The predicted octanol–water partition coefficient (Wildman–Crippen LogP) is 5.34. The van der Waals surface area contributed by atoms with Crippen LogP contribution >= 0.6 is 0 Å². The van der Waals surface area contributed by atoms with Gasteiger partial charge < -0.3 is 14.7 Å². The maximum Gasteiger partial charge on any atom is 0.256 e. The van der Waals surface area contributed by atoms with Crippen molar-refractivity contribution in [1.82, 2.24) is 9.80 Å². The number of anilines is 1. The zero-order valence-electron chi connectivity index (χ0n) is 22.1. The first-order valence-corrected chi connectivity index (χ1v) is 13.5. The molecular formula is C31H37FN4O. The quantitative estimate of drug-likeness (QED) is 0.515. The van der Waals surface area contributed by atoms with Crippen molar-refractivity contribution in [1.29, 1.82) is 0 Å². The molecule has 0 aliphatic carbocycles. The monoisotopic (exact) mass is 500 g/mol. The fraction of sp³-hybridized carbons (Fsp3) is 0.419. The summed E-state index contributed by atoms with van der Waals surface area (Å²) in [5.41, 5.74) is 5.18. The number of nitrogens with zero attached hydrogens (tertiary/aromatic N) is 4. The third kappa shape index (κ3) is 5.40. The lowest BCUT2D eigenvalue weighted by Gasteiger charge is -2.33. The number of amides is 1. The number of carbonyl (C=O) groups excluding carboxylic acids is 1. The number of piperidine rings is 1. The van der Waals surface area contributed by atoms with Gasteiger partial charge in [0, 0.05) is 32.0 Å². The number of hydrogen-bond donors (Lipinski definition) is 0. The molecule has 6 heteroatoms. The van der Waals surface area contributed by atoms with Gasteiger partial charge in [-0.05, 0) is 93.1 Å². The molecule has 0 saturated carbocycles. The summed E-state index contributed by atoms with van der Waals surface area (Å²) in [5.74, 6) is -0.0907. The minimum absolute atomic E-state index is 0.0233. The molecule has 1 atom stereocenters. The highest BCUT2D eigenvalue weighted by Crippen LogP contribution is 2.41. The highest BCUT2D eigenvalue weighted by atomic mass is 19.1. The Kier molecular flexibility index (Phi) is 7.56. The minimum atomic E-state index is -0.395. The Bertz CT molecular complexity index is 1210. The van der Waals surface area contributed by atoms with Gasteiger partial charge in [-0.3, -0.25) is 9.79 Å². The smallest absolute Gasteiger partial charge is 0.256 e. The normalized spacial score (nSPS) is 20.1. The van der Waals surface area contributed by atoms with Gasteiger partial charge in [-0.1, -0.05) is 30.3 Å². The fourth-order valence-electron chi connectivity index (χ4n) is 5.65. The van der Waals surface area contributed by atoms with Crippen molar-refractivity contribution in [2.24, 2.45) is 10.9 Å². The first-order chi connectivity index (χ1) is 17.9. The van der Waals surface area contributed by atoms with Crippen LogP contribution in [-0.4, -0.2) is 67.2 Å². The van der Waals surface area contributed by atoms with E-state index in [1.807, 2.05) is 20.1 Å². The second-order valence-electron chi connectivity index (χ2n) is 10.7. The molecule has 3 heterocycles. The van der Waals surface area contributed by atoms with Crippen LogP contribution in [0.4, 0.5) is 10.1 Å². The standard InChI is InChI=1S/C31H37FN4O/c1-22(2)34(3)31(37)27-19-25(32)9-10-29(27)36-21-28(26-11-15-33-20-30(26)36)24-13-17-35(18-14-24)16-12-23-7-5-4-6-8-23/h4-11,15,19,21-22,24,30H,12-14,16-18,20H2,1-3H3. The molecule has 3 aliphatic heterocycles. The van der Waals surface area contributed by atoms with Gasteiger partial charge in [-0.25, -0.2) is 4.39 Å². The molecule has 0 bridgehead atoms. The second-order valence-corrected chi connectivity index (χ2v) is 10.7. The Morgan fingerprint density at radius 1 is 1.11 bits per heavy atom. The van der Waals surface area contributed by atoms with Crippen LogP contribution in [0, 0.1) is 11.7 Å². The summed E-state index contributed by atoms with van der Waals surface area (Å²) in [6.45, 7) is 7.82. The molecule has 3 aliphatic rings. The fourth-order valence-corrected chi connectivity index (χ4v) is 5.65. The molecular weight excluding hydrogens is 463 g/mol. The lowest BCUT2D eigenvalue weighted by atomic mass is 9.84. The third-order valence-corrected chi connectivity index (χ3v) is 8.09. The van der Waals surface area contributed by atoms with Gasteiger partial charge in [0.15, 0.2) is 0 Å². The van der Waals surface area contributed by atoms with E-state index in [1.54, 1.807) is 18.0 Å². The van der Waals surface area contributed by atoms with Gasteiger partial charge in [-0.2, -0.15) is 0 Å². The molecule has 0 aromatic heterocycles. The van der Waals surface area contributed by atoms with E-state index in [0.717, 1.165) is 44.6 Å². The number of benzene rings is 2. The van der Waals surface area contributed by atoms with E-state index in [4.69, 9.17) is 0 Å². The lowest BCUT2D eigenvalue weighted by molar-refractivity contribution is 0.0755. The number of halogens is 1. The van der Waals surface area contributed by atoms with Crippen LogP contribution in [0.15, 0.2) is 76.9 Å². The Hall–Kier alpha value is -3.25. The highest BCUT2D eigenvalue weighted by Gasteiger charge is 2.37. The van der Waals surface area contributed by atoms with Crippen LogP contribution in [-0.2, 0) is 6.42 Å². The highest BCUT2D eigenvalue weighted by molar-refractivity contribution is 6.00. The molecule has 1 saturated heterocycles. The zero-order valence-corrected chi connectivity index (χ0v) is 22.1. The molecule has 1 amide bonds. The number of allylic oxidation sites excluding steroid dienone is 1. The zero-order chi connectivity index (χ0) is 25.9. The van der Waals surface area contributed by atoms with E-state index in [1.165, 1.54) is 28.8 Å². The predicted molar refractivity (Wildman–Crippen MR) is 149 cm³/mol. The van der Waals surface area contributed by atoms with Crippen molar-refractivity contribution in [3.63, 3.8) is 0 Å². The molecule has 5 nitrogen and oxygen atoms in total. The van der Waals surface area contributed by atoms with Crippen LogP contribution in [0.25, 0.3) is 0 Å². The molecule has 37 heavy (non-hydrogen) atoms. The summed E-state index contributed by atoms with van der Waals surface area (Å²) in [5, 5.41) is 0. The number of carbonyl (C=O) groups is 1. The van der Waals surface area contributed by atoms with Crippen molar-refractivity contribution in [2.45, 2.75) is 45.2 Å². The number of likely N-dealkylation sites (tertiary alicyclic amines) is 1. The number of hydrogen-bond acceptors (Lipinski definition) is 4. The third-order valence-electron chi connectivity index (χ3n) is 8.09. The summed E-state index contributed by atoms with van der Waals surface area (Å²) in [4.78, 5) is 24.3. The average molecular weight is 501 g/mol.